The van der Waals surface area contributed by atoms with E-state index in [0.717, 1.165) is 18.5 Å². The molecule has 0 N–H and O–H groups in total. The summed E-state index contributed by atoms with van der Waals surface area (Å²) in [6.45, 7) is 11.8. The normalized spacial score (nSPS) is 21.5. The van der Waals surface area contributed by atoms with Gasteiger partial charge in [-0.3, -0.25) is 9.59 Å². The van der Waals surface area contributed by atoms with Crippen LogP contribution < -0.4 is 4.90 Å². The molecule has 2 unspecified atom stereocenters. The zero-order valence-corrected chi connectivity index (χ0v) is 21.1. The van der Waals surface area contributed by atoms with E-state index in [1.54, 1.807) is 34.1 Å². The average molecular weight is 478 g/mol. The highest BCUT2D eigenvalue weighted by Crippen LogP contribution is 2.29. The second-order valence-electron chi connectivity index (χ2n) is 10.3. The van der Waals surface area contributed by atoms with Crippen molar-refractivity contribution in [2.24, 2.45) is 11.8 Å². The molecule has 33 heavy (non-hydrogen) atoms. The van der Waals surface area contributed by atoms with Crippen molar-refractivity contribution in [3.63, 3.8) is 0 Å². The molecule has 2 aliphatic rings. The highest BCUT2D eigenvalue weighted by atomic mass is 35.5. The van der Waals surface area contributed by atoms with E-state index < -0.39 is 11.5 Å². The quantitative estimate of drug-likeness (QED) is 0.582. The number of anilines is 1. The molecule has 1 aromatic rings. The van der Waals surface area contributed by atoms with E-state index in [-0.39, 0.29) is 29.9 Å². The van der Waals surface area contributed by atoms with E-state index >= 15 is 0 Å². The maximum atomic E-state index is 13.3. The van der Waals surface area contributed by atoms with Gasteiger partial charge in [-0.25, -0.2) is 4.79 Å². The summed E-state index contributed by atoms with van der Waals surface area (Å²) < 4.78 is 5.58. The molecule has 0 aromatic heterocycles. The molecule has 0 saturated carbocycles. The van der Waals surface area contributed by atoms with Gasteiger partial charge in [-0.1, -0.05) is 11.6 Å². The monoisotopic (exact) mass is 477 g/mol. The Hall–Kier alpha value is -2.28. The van der Waals surface area contributed by atoms with Gasteiger partial charge in [0.05, 0.1) is 0 Å². The van der Waals surface area contributed by atoms with Crippen molar-refractivity contribution in [3.8, 4) is 0 Å². The third-order valence-corrected chi connectivity index (χ3v) is 6.43. The predicted molar refractivity (Wildman–Crippen MR) is 129 cm³/mol. The number of benzene rings is 1. The third-order valence-electron chi connectivity index (χ3n) is 6.18. The van der Waals surface area contributed by atoms with Gasteiger partial charge in [0, 0.05) is 42.9 Å². The van der Waals surface area contributed by atoms with Crippen molar-refractivity contribution in [3.05, 3.63) is 29.3 Å². The number of carbonyl (C=O) groups is 3. The van der Waals surface area contributed by atoms with Crippen LogP contribution in [0.25, 0.3) is 0 Å². The molecule has 2 aliphatic heterocycles. The van der Waals surface area contributed by atoms with Crippen LogP contribution in [-0.4, -0.2) is 65.5 Å². The summed E-state index contributed by atoms with van der Waals surface area (Å²) in [6.07, 6.45) is 1.98. The molecule has 2 heterocycles. The first-order valence-electron chi connectivity index (χ1n) is 11.8. The molecule has 8 heteroatoms. The Morgan fingerprint density at radius 2 is 1.82 bits per heavy atom. The van der Waals surface area contributed by atoms with Crippen LogP contribution in [0, 0.1) is 11.8 Å². The average Bonchev–Trinajstić information content (AvgIpc) is 3.12. The summed E-state index contributed by atoms with van der Waals surface area (Å²) in [5, 5.41) is 0.610. The van der Waals surface area contributed by atoms with Crippen LogP contribution in [0.5, 0.6) is 0 Å². The molecule has 7 nitrogen and oxygen atoms in total. The van der Waals surface area contributed by atoms with Crippen molar-refractivity contribution in [1.29, 1.82) is 0 Å². The highest BCUT2D eigenvalue weighted by molar-refractivity contribution is 6.30. The zero-order valence-electron chi connectivity index (χ0n) is 20.3. The standard InChI is InChI=1S/C25H36ClN3O4/c1-17(2)29(24(32)33-25(3,4)5)16-18-7-6-13-27(15-18)22(30)21-12-14-28(23(21)31)20-10-8-19(26)9-11-20/h8-11,17-18,21H,6-7,12-16H2,1-5H3. The minimum absolute atomic E-state index is 0.00438. The number of carbonyl (C=O) groups excluding carboxylic acids is 3. The number of piperidine rings is 1. The number of amides is 3. The minimum atomic E-state index is -0.647. The molecular formula is C25H36ClN3O4. The molecule has 0 aliphatic carbocycles. The van der Waals surface area contributed by atoms with Gasteiger partial charge in [0.15, 0.2) is 0 Å². The molecular weight excluding hydrogens is 442 g/mol. The Balaban J connectivity index is 1.62. The SMILES string of the molecule is CC(C)N(CC1CCCN(C(=O)C2CCN(c3ccc(Cl)cc3)C2=O)C1)C(=O)OC(C)(C)C. The topological polar surface area (TPSA) is 70.2 Å². The molecule has 3 rings (SSSR count). The van der Waals surface area contributed by atoms with Crippen molar-refractivity contribution < 1.29 is 19.1 Å². The lowest BCUT2D eigenvalue weighted by Gasteiger charge is -2.38. The number of likely N-dealkylation sites (tertiary alicyclic amines) is 1. The van der Waals surface area contributed by atoms with E-state index in [0.29, 0.717) is 37.6 Å². The van der Waals surface area contributed by atoms with Crippen molar-refractivity contribution in [1.82, 2.24) is 9.80 Å². The predicted octanol–water partition coefficient (Wildman–Crippen LogP) is 4.58. The lowest BCUT2D eigenvalue weighted by atomic mass is 9.95. The van der Waals surface area contributed by atoms with Gasteiger partial charge in [-0.15, -0.1) is 0 Å². The van der Waals surface area contributed by atoms with Gasteiger partial charge in [0.25, 0.3) is 0 Å². The van der Waals surface area contributed by atoms with Gasteiger partial charge in [0.2, 0.25) is 11.8 Å². The number of rotatable bonds is 5. The molecule has 2 fully saturated rings. The Kier molecular flexibility index (Phi) is 7.93. The van der Waals surface area contributed by atoms with Crippen LogP contribution in [0.15, 0.2) is 24.3 Å². The Morgan fingerprint density at radius 1 is 1.15 bits per heavy atom. The first-order valence-corrected chi connectivity index (χ1v) is 12.2. The molecule has 0 spiro atoms. The van der Waals surface area contributed by atoms with E-state index in [1.807, 2.05) is 39.5 Å². The summed E-state index contributed by atoms with van der Waals surface area (Å²) in [4.78, 5) is 44.2. The van der Waals surface area contributed by atoms with Gasteiger partial charge < -0.3 is 19.4 Å². The first-order chi connectivity index (χ1) is 15.5. The minimum Gasteiger partial charge on any atom is -0.444 e. The second-order valence-corrected chi connectivity index (χ2v) is 10.8. The summed E-state index contributed by atoms with van der Waals surface area (Å²) in [7, 11) is 0. The maximum Gasteiger partial charge on any atom is 0.410 e. The van der Waals surface area contributed by atoms with E-state index in [9.17, 15) is 14.4 Å². The van der Waals surface area contributed by atoms with E-state index in [2.05, 4.69) is 0 Å². The lowest BCUT2D eigenvalue weighted by molar-refractivity contribution is -0.141. The van der Waals surface area contributed by atoms with Crippen molar-refractivity contribution in [2.75, 3.05) is 31.1 Å². The third kappa shape index (κ3) is 6.40. The van der Waals surface area contributed by atoms with E-state index in [1.165, 1.54) is 0 Å². The largest absolute Gasteiger partial charge is 0.444 e. The molecule has 0 bridgehead atoms. The van der Waals surface area contributed by atoms with Crippen LogP contribution >= 0.6 is 11.6 Å². The van der Waals surface area contributed by atoms with Crippen LogP contribution in [0.4, 0.5) is 10.5 Å². The van der Waals surface area contributed by atoms with Crippen LogP contribution in [0.2, 0.25) is 5.02 Å². The van der Waals surface area contributed by atoms with Crippen molar-refractivity contribution >= 4 is 35.2 Å². The second kappa shape index (κ2) is 10.3. The van der Waals surface area contributed by atoms with Crippen LogP contribution in [0.3, 0.4) is 0 Å². The number of halogens is 1. The van der Waals surface area contributed by atoms with Gasteiger partial charge >= 0.3 is 6.09 Å². The highest BCUT2D eigenvalue weighted by Gasteiger charge is 2.41. The fourth-order valence-corrected chi connectivity index (χ4v) is 4.64. The lowest BCUT2D eigenvalue weighted by Crippen LogP contribution is -2.49. The molecule has 182 valence electrons. The zero-order chi connectivity index (χ0) is 24.3. The molecule has 2 atom stereocenters. The Morgan fingerprint density at radius 3 is 2.42 bits per heavy atom. The number of hydrogen-bond acceptors (Lipinski definition) is 4. The smallest absolute Gasteiger partial charge is 0.410 e. The first kappa shape index (κ1) is 25.3. The molecule has 0 radical (unpaired) electrons. The molecule has 1 aromatic carbocycles. The van der Waals surface area contributed by atoms with Crippen molar-refractivity contribution in [2.45, 2.75) is 65.5 Å². The number of hydrogen-bond donors (Lipinski definition) is 0. The van der Waals surface area contributed by atoms with Crippen LogP contribution in [0.1, 0.15) is 53.9 Å². The van der Waals surface area contributed by atoms with E-state index in [4.69, 9.17) is 16.3 Å². The summed E-state index contributed by atoms with van der Waals surface area (Å²) in [6, 6.07) is 7.11. The number of nitrogens with zero attached hydrogens (tertiary/aromatic N) is 3. The van der Waals surface area contributed by atoms with Crippen LogP contribution in [-0.2, 0) is 14.3 Å². The molecule has 3 amide bonds. The Labute approximate surface area is 202 Å². The fraction of sp³-hybridized carbons (Fsp3) is 0.640. The summed E-state index contributed by atoms with van der Waals surface area (Å²) in [5.74, 6) is -0.746. The number of ether oxygens (including phenoxy) is 1. The fourth-order valence-electron chi connectivity index (χ4n) is 4.52. The van der Waals surface area contributed by atoms with Gasteiger partial charge in [0.1, 0.15) is 11.5 Å². The summed E-state index contributed by atoms with van der Waals surface area (Å²) >= 11 is 5.96. The van der Waals surface area contributed by atoms with Gasteiger partial charge in [-0.05, 0) is 84.1 Å². The maximum absolute atomic E-state index is 13.3. The molecule has 2 saturated heterocycles. The van der Waals surface area contributed by atoms with Gasteiger partial charge in [-0.2, -0.15) is 0 Å². The summed E-state index contributed by atoms with van der Waals surface area (Å²) in [5.41, 5.74) is 0.207. The Bertz CT molecular complexity index is 865.